The van der Waals surface area contributed by atoms with Crippen LogP contribution >= 0.6 is 0 Å². The van der Waals surface area contributed by atoms with Crippen LogP contribution < -0.4 is 5.56 Å². The predicted molar refractivity (Wildman–Crippen MR) is 86.1 cm³/mol. The van der Waals surface area contributed by atoms with Gasteiger partial charge in [0.1, 0.15) is 11.4 Å². The number of aromatic nitrogens is 3. The fraction of sp³-hybridized carbons (Fsp3) is 0.438. The molecule has 0 N–H and O–H groups in total. The number of carbonyl (C=O) groups excluding carboxylic acids is 1. The molecule has 0 aliphatic rings. The van der Waals surface area contributed by atoms with Crippen LogP contribution in [0, 0.1) is 13.8 Å². The smallest absolute Gasteiger partial charge is 0.356 e. The largest absolute Gasteiger partial charge is 0.464 e. The van der Waals surface area contributed by atoms with Crippen LogP contribution in [0.3, 0.4) is 0 Å². The number of hydrogen-bond donors (Lipinski definition) is 0. The summed E-state index contributed by atoms with van der Waals surface area (Å²) in [5.41, 5.74) is 3.23. The van der Waals surface area contributed by atoms with E-state index in [0.29, 0.717) is 29.2 Å². The lowest BCUT2D eigenvalue weighted by molar-refractivity contribution is 0.0587. The summed E-state index contributed by atoms with van der Waals surface area (Å²) in [7, 11) is 3.04. The minimum absolute atomic E-state index is 0. The van der Waals surface area contributed by atoms with E-state index in [1.165, 1.54) is 7.11 Å². The monoisotopic (exact) mass is 305 g/mol. The highest BCUT2D eigenvalue weighted by molar-refractivity contribution is 5.88. The third kappa shape index (κ3) is 2.81. The Hall–Kier alpha value is -2.37. The van der Waals surface area contributed by atoms with Gasteiger partial charge in [-0.15, -0.1) is 0 Å². The number of pyridine rings is 1. The Morgan fingerprint density at radius 1 is 1.27 bits per heavy atom. The van der Waals surface area contributed by atoms with Gasteiger partial charge in [0.2, 0.25) is 0 Å². The fourth-order valence-electron chi connectivity index (χ4n) is 2.50. The zero-order valence-corrected chi connectivity index (χ0v) is 12.9. The molecule has 0 bridgehead atoms. The maximum absolute atomic E-state index is 12.1. The average molecular weight is 305 g/mol. The second-order valence-electron chi connectivity index (χ2n) is 4.95. The van der Waals surface area contributed by atoms with Crippen LogP contribution in [0.15, 0.2) is 16.9 Å². The Labute approximate surface area is 130 Å². The zero-order valence-electron chi connectivity index (χ0n) is 12.9. The van der Waals surface area contributed by atoms with Gasteiger partial charge in [-0.3, -0.25) is 9.48 Å². The average Bonchev–Trinajstić information content (AvgIpc) is 2.88. The molecular weight excluding hydrogens is 282 g/mol. The van der Waals surface area contributed by atoms with E-state index in [2.05, 4.69) is 5.10 Å². The molecule has 0 radical (unpaired) electrons. The first kappa shape index (κ1) is 17.7. The molecule has 2 heterocycles. The van der Waals surface area contributed by atoms with Gasteiger partial charge in [-0.05, 0) is 32.4 Å². The zero-order chi connectivity index (χ0) is 15.7. The Bertz CT molecular complexity index is 757. The lowest BCUT2D eigenvalue weighted by atomic mass is 10.1. The van der Waals surface area contributed by atoms with Crippen molar-refractivity contribution in [3.8, 4) is 11.4 Å². The molecule has 0 aliphatic carbocycles. The predicted octanol–water partition coefficient (Wildman–Crippen LogP) is 2.31. The van der Waals surface area contributed by atoms with Crippen molar-refractivity contribution in [2.75, 3.05) is 7.11 Å². The Morgan fingerprint density at radius 3 is 2.45 bits per heavy atom. The van der Waals surface area contributed by atoms with Gasteiger partial charge in [0, 0.05) is 25.2 Å². The highest BCUT2D eigenvalue weighted by Gasteiger charge is 2.19. The quantitative estimate of drug-likeness (QED) is 0.816. The molecule has 0 amide bonds. The number of methoxy groups -OCH3 is 1. The van der Waals surface area contributed by atoms with Crippen molar-refractivity contribution >= 4 is 5.97 Å². The second-order valence-corrected chi connectivity index (χ2v) is 4.95. The SMILES string of the molecule is C.CCn1nc(-c2c(C)cc(C)c(=O)n2C)cc1C(=O)OC. The van der Waals surface area contributed by atoms with E-state index in [-0.39, 0.29) is 13.0 Å². The van der Waals surface area contributed by atoms with E-state index in [0.717, 1.165) is 5.56 Å². The third-order valence-electron chi connectivity index (χ3n) is 3.50. The van der Waals surface area contributed by atoms with Gasteiger partial charge in [0.25, 0.3) is 5.56 Å². The molecule has 120 valence electrons. The summed E-state index contributed by atoms with van der Waals surface area (Å²) in [6.45, 7) is 6.14. The summed E-state index contributed by atoms with van der Waals surface area (Å²) in [5.74, 6) is -0.439. The summed E-state index contributed by atoms with van der Waals surface area (Å²) in [6.07, 6.45) is 0. The van der Waals surface area contributed by atoms with Crippen LogP contribution in [-0.2, 0) is 18.3 Å². The van der Waals surface area contributed by atoms with Gasteiger partial charge in [-0.2, -0.15) is 5.10 Å². The fourth-order valence-corrected chi connectivity index (χ4v) is 2.50. The highest BCUT2D eigenvalue weighted by Crippen LogP contribution is 2.22. The van der Waals surface area contributed by atoms with Crippen molar-refractivity contribution in [3.05, 3.63) is 39.3 Å². The van der Waals surface area contributed by atoms with Crippen LogP contribution in [0.5, 0.6) is 0 Å². The number of hydrogen-bond acceptors (Lipinski definition) is 4. The molecule has 0 unspecified atom stereocenters. The summed E-state index contributed by atoms with van der Waals surface area (Å²) < 4.78 is 7.90. The Kier molecular flexibility index (Phi) is 5.30. The molecular formula is C16H23N3O3. The molecule has 0 spiro atoms. The number of aryl methyl sites for hydroxylation is 3. The first-order chi connectivity index (χ1) is 9.90. The number of nitrogens with zero attached hydrogens (tertiary/aromatic N) is 3. The van der Waals surface area contributed by atoms with Crippen molar-refractivity contribution < 1.29 is 9.53 Å². The molecule has 2 aromatic heterocycles. The molecule has 0 saturated carbocycles. The van der Waals surface area contributed by atoms with Crippen molar-refractivity contribution in [3.63, 3.8) is 0 Å². The number of rotatable bonds is 3. The van der Waals surface area contributed by atoms with Crippen molar-refractivity contribution in [1.29, 1.82) is 0 Å². The maximum Gasteiger partial charge on any atom is 0.356 e. The molecule has 0 fully saturated rings. The lowest BCUT2D eigenvalue weighted by Crippen LogP contribution is -2.21. The first-order valence-electron chi connectivity index (χ1n) is 6.74. The van der Waals surface area contributed by atoms with E-state index in [1.54, 1.807) is 29.3 Å². The van der Waals surface area contributed by atoms with E-state index < -0.39 is 5.97 Å². The molecule has 22 heavy (non-hydrogen) atoms. The van der Waals surface area contributed by atoms with Crippen LogP contribution in [0.1, 0.15) is 36.0 Å². The summed E-state index contributed by atoms with van der Waals surface area (Å²) >= 11 is 0. The molecule has 0 atom stereocenters. The topological polar surface area (TPSA) is 66.1 Å². The lowest BCUT2D eigenvalue weighted by Gasteiger charge is -2.10. The Morgan fingerprint density at radius 2 is 1.91 bits per heavy atom. The number of esters is 1. The molecule has 0 saturated heterocycles. The number of ether oxygens (including phenoxy) is 1. The van der Waals surface area contributed by atoms with Crippen LogP contribution in [0.2, 0.25) is 0 Å². The molecule has 2 aromatic rings. The third-order valence-corrected chi connectivity index (χ3v) is 3.50. The molecule has 0 aliphatic heterocycles. The normalized spacial score (nSPS) is 10.2. The van der Waals surface area contributed by atoms with Gasteiger partial charge in [0.05, 0.1) is 12.8 Å². The molecule has 2 rings (SSSR count). The van der Waals surface area contributed by atoms with E-state index >= 15 is 0 Å². The standard InChI is InChI=1S/C15H19N3O3.CH4/c1-6-18-12(15(20)21-5)8-11(16-18)13-9(2)7-10(3)14(19)17(13)4;/h7-8H,6H2,1-5H3;1H4. The van der Waals surface area contributed by atoms with Gasteiger partial charge in [0.15, 0.2) is 0 Å². The van der Waals surface area contributed by atoms with Crippen molar-refractivity contribution in [2.45, 2.75) is 34.7 Å². The second kappa shape index (κ2) is 6.60. The van der Waals surface area contributed by atoms with Gasteiger partial charge in [-0.25, -0.2) is 4.79 Å². The summed E-state index contributed by atoms with van der Waals surface area (Å²) in [6, 6.07) is 3.49. The van der Waals surface area contributed by atoms with Crippen LogP contribution in [0.25, 0.3) is 11.4 Å². The minimum Gasteiger partial charge on any atom is -0.464 e. The van der Waals surface area contributed by atoms with Gasteiger partial charge >= 0.3 is 5.97 Å². The molecule has 6 heteroatoms. The molecule has 6 nitrogen and oxygen atoms in total. The van der Waals surface area contributed by atoms with Crippen molar-refractivity contribution in [1.82, 2.24) is 14.3 Å². The summed E-state index contributed by atoms with van der Waals surface area (Å²) in [5, 5.41) is 4.42. The maximum atomic E-state index is 12.1. The molecule has 0 aromatic carbocycles. The summed E-state index contributed by atoms with van der Waals surface area (Å²) in [4.78, 5) is 23.9. The van der Waals surface area contributed by atoms with Crippen LogP contribution in [0.4, 0.5) is 0 Å². The first-order valence-corrected chi connectivity index (χ1v) is 6.74. The Balaban J connectivity index is 0.00000242. The van der Waals surface area contributed by atoms with E-state index in [1.807, 2.05) is 19.9 Å². The number of carbonyl (C=O) groups is 1. The van der Waals surface area contributed by atoms with E-state index in [9.17, 15) is 9.59 Å². The van der Waals surface area contributed by atoms with Crippen LogP contribution in [-0.4, -0.2) is 27.4 Å². The minimum atomic E-state index is -0.439. The van der Waals surface area contributed by atoms with Crippen molar-refractivity contribution in [2.24, 2.45) is 7.05 Å². The van der Waals surface area contributed by atoms with E-state index in [4.69, 9.17) is 4.74 Å². The highest BCUT2D eigenvalue weighted by atomic mass is 16.5. The van der Waals surface area contributed by atoms with Gasteiger partial charge in [-0.1, -0.05) is 7.43 Å². The van der Waals surface area contributed by atoms with Gasteiger partial charge < -0.3 is 9.30 Å².